The fourth-order valence-electron chi connectivity index (χ4n) is 2.79. The lowest BCUT2D eigenvalue weighted by Crippen LogP contribution is -2.34. The van der Waals surface area contributed by atoms with Gasteiger partial charge >= 0.3 is 0 Å². The monoisotopic (exact) mass is 242 g/mol. The molecule has 1 aromatic carbocycles. The highest BCUT2D eigenvalue weighted by Gasteiger charge is 2.21. The molecule has 96 valence electrons. The van der Waals surface area contributed by atoms with Crippen molar-refractivity contribution in [2.45, 2.75) is 45.2 Å². The van der Waals surface area contributed by atoms with Gasteiger partial charge in [0.25, 0.3) is 0 Å². The van der Waals surface area contributed by atoms with Crippen LogP contribution in [0.1, 0.15) is 43.7 Å². The molecule has 2 heteroatoms. The van der Waals surface area contributed by atoms with Crippen molar-refractivity contribution < 1.29 is 0 Å². The van der Waals surface area contributed by atoms with Crippen molar-refractivity contribution in [3.8, 4) is 6.07 Å². The Balaban J connectivity index is 1.90. The predicted octanol–water partition coefficient (Wildman–Crippen LogP) is 3.57. The Bertz CT molecular complexity index is 408. The highest BCUT2D eigenvalue weighted by atomic mass is 15.1. The van der Waals surface area contributed by atoms with Gasteiger partial charge in [0.1, 0.15) is 0 Å². The van der Waals surface area contributed by atoms with E-state index in [2.05, 4.69) is 37.1 Å². The summed E-state index contributed by atoms with van der Waals surface area (Å²) in [6, 6.07) is 10.9. The average Bonchev–Trinajstić information content (AvgIpc) is 2.40. The Labute approximate surface area is 110 Å². The van der Waals surface area contributed by atoms with Crippen molar-refractivity contribution in [2.75, 3.05) is 7.05 Å². The first-order valence-corrected chi connectivity index (χ1v) is 6.88. The Morgan fingerprint density at radius 3 is 2.33 bits per heavy atom. The van der Waals surface area contributed by atoms with E-state index < -0.39 is 0 Å². The van der Waals surface area contributed by atoms with E-state index in [-0.39, 0.29) is 0 Å². The van der Waals surface area contributed by atoms with Gasteiger partial charge in [0, 0.05) is 12.6 Å². The first-order chi connectivity index (χ1) is 8.69. The molecular formula is C16H22N2. The van der Waals surface area contributed by atoms with Crippen LogP contribution in [-0.4, -0.2) is 18.0 Å². The molecule has 0 bridgehead atoms. The van der Waals surface area contributed by atoms with Crippen LogP contribution >= 0.6 is 0 Å². The number of nitrogens with zero attached hydrogens (tertiary/aromatic N) is 2. The molecule has 0 heterocycles. The first kappa shape index (κ1) is 13.1. The summed E-state index contributed by atoms with van der Waals surface area (Å²) in [7, 11) is 2.22. The Morgan fingerprint density at radius 1 is 1.17 bits per heavy atom. The van der Waals surface area contributed by atoms with Gasteiger partial charge < -0.3 is 0 Å². The Hall–Kier alpha value is -1.33. The summed E-state index contributed by atoms with van der Waals surface area (Å²) in [5.74, 6) is 0.907. The topological polar surface area (TPSA) is 27.0 Å². The van der Waals surface area contributed by atoms with Gasteiger partial charge in [-0.05, 0) is 56.3 Å². The summed E-state index contributed by atoms with van der Waals surface area (Å²) in [6.45, 7) is 3.35. The summed E-state index contributed by atoms with van der Waals surface area (Å²) >= 11 is 0. The summed E-state index contributed by atoms with van der Waals surface area (Å²) in [6.07, 6.45) is 5.38. The van der Waals surface area contributed by atoms with Crippen LogP contribution in [0.4, 0.5) is 0 Å². The summed E-state index contributed by atoms with van der Waals surface area (Å²) in [5, 5.41) is 8.78. The molecular weight excluding hydrogens is 220 g/mol. The van der Waals surface area contributed by atoms with Crippen LogP contribution in [0.5, 0.6) is 0 Å². The highest BCUT2D eigenvalue weighted by Crippen LogP contribution is 2.27. The molecule has 18 heavy (non-hydrogen) atoms. The minimum absolute atomic E-state index is 0.733. The van der Waals surface area contributed by atoms with Gasteiger partial charge in [-0.1, -0.05) is 19.1 Å². The number of hydrogen-bond acceptors (Lipinski definition) is 2. The third-order valence-corrected chi connectivity index (χ3v) is 4.12. The van der Waals surface area contributed by atoms with Crippen molar-refractivity contribution in [1.29, 1.82) is 5.26 Å². The van der Waals surface area contributed by atoms with Gasteiger partial charge in [0.05, 0.1) is 11.6 Å². The van der Waals surface area contributed by atoms with Gasteiger partial charge in [-0.25, -0.2) is 0 Å². The van der Waals surface area contributed by atoms with Crippen molar-refractivity contribution in [2.24, 2.45) is 5.92 Å². The normalized spacial score (nSPS) is 23.9. The number of nitriles is 1. The zero-order valence-electron chi connectivity index (χ0n) is 11.4. The second-order valence-corrected chi connectivity index (χ2v) is 5.64. The third-order valence-electron chi connectivity index (χ3n) is 4.12. The second kappa shape index (κ2) is 6.02. The molecule has 0 N–H and O–H groups in total. The molecule has 0 aliphatic heterocycles. The highest BCUT2D eigenvalue weighted by molar-refractivity contribution is 5.31. The van der Waals surface area contributed by atoms with Crippen LogP contribution < -0.4 is 0 Å². The summed E-state index contributed by atoms with van der Waals surface area (Å²) < 4.78 is 0. The standard InChI is InChI=1S/C16H22N2/c1-13-3-9-16(10-4-13)18(2)12-15-7-5-14(11-17)6-8-15/h5-8,13,16H,3-4,9-10,12H2,1-2H3. The fourth-order valence-corrected chi connectivity index (χ4v) is 2.79. The number of rotatable bonds is 3. The van der Waals surface area contributed by atoms with E-state index in [0.29, 0.717) is 0 Å². The van der Waals surface area contributed by atoms with Crippen LogP contribution in [-0.2, 0) is 6.54 Å². The molecule has 0 saturated heterocycles. The minimum atomic E-state index is 0.733. The molecule has 0 atom stereocenters. The third kappa shape index (κ3) is 3.34. The van der Waals surface area contributed by atoms with Gasteiger partial charge in [-0.2, -0.15) is 5.26 Å². The average molecular weight is 242 g/mol. The van der Waals surface area contributed by atoms with E-state index in [1.165, 1.54) is 31.2 Å². The van der Waals surface area contributed by atoms with Crippen LogP contribution in [0.15, 0.2) is 24.3 Å². The molecule has 0 unspecified atom stereocenters. The lowest BCUT2D eigenvalue weighted by molar-refractivity contribution is 0.164. The summed E-state index contributed by atoms with van der Waals surface area (Å²) in [4.78, 5) is 2.47. The smallest absolute Gasteiger partial charge is 0.0991 e. The first-order valence-electron chi connectivity index (χ1n) is 6.88. The van der Waals surface area contributed by atoms with E-state index in [1.54, 1.807) is 0 Å². The molecule has 0 amide bonds. The van der Waals surface area contributed by atoms with Gasteiger partial charge in [-0.15, -0.1) is 0 Å². The summed E-state index contributed by atoms with van der Waals surface area (Å²) in [5.41, 5.74) is 2.04. The molecule has 1 aromatic rings. The van der Waals surface area contributed by atoms with E-state index in [4.69, 9.17) is 5.26 Å². The van der Waals surface area contributed by atoms with Crippen molar-refractivity contribution >= 4 is 0 Å². The second-order valence-electron chi connectivity index (χ2n) is 5.64. The Morgan fingerprint density at radius 2 is 1.78 bits per heavy atom. The Kier molecular flexibility index (Phi) is 4.38. The van der Waals surface area contributed by atoms with Gasteiger partial charge in [0.2, 0.25) is 0 Å². The zero-order chi connectivity index (χ0) is 13.0. The fraction of sp³-hybridized carbons (Fsp3) is 0.562. The van der Waals surface area contributed by atoms with Crippen LogP contribution in [0, 0.1) is 17.2 Å². The van der Waals surface area contributed by atoms with Gasteiger partial charge in [-0.3, -0.25) is 4.90 Å². The van der Waals surface area contributed by atoms with E-state index >= 15 is 0 Å². The molecule has 0 aromatic heterocycles. The molecule has 1 fully saturated rings. The SMILES string of the molecule is CC1CCC(N(C)Cc2ccc(C#N)cc2)CC1. The lowest BCUT2D eigenvalue weighted by Gasteiger charge is -2.33. The predicted molar refractivity (Wildman–Crippen MR) is 74.0 cm³/mol. The molecule has 1 aliphatic carbocycles. The van der Waals surface area contributed by atoms with E-state index in [9.17, 15) is 0 Å². The number of benzene rings is 1. The quantitative estimate of drug-likeness (QED) is 0.810. The lowest BCUT2D eigenvalue weighted by atomic mass is 9.86. The van der Waals surface area contributed by atoms with Crippen molar-refractivity contribution in [3.05, 3.63) is 35.4 Å². The number of hydrogen-bond donors (Lipinski definition) is 0. The molecule has 2 rings (SSSR count). The molecule has 2 nitrogen and oxygen atoms in total. The maximum absolute atomic E-state index is 8.78. The zero-order valence-corrected chi connectivity index (χ0v) is 11.4. The van der Waals surface area contributed by atoms with E-state index in [0.717, 1.165) is 24.1 Å². The maximum atomic E-state index is 8.78. The molecule has 0 radical (unpaired) electrons. The molecule has 0 spiro atoms. The largest absolute Gasteiger partial charge is 0.299 e. The van der Waals surface area contributed by atoms with Crippen molar-refractivity contribution in [1.82, 2.24) is 4.90 Å². The van der Waals surface area contributed by atoms with Crippen LogP contribution in [0.3, 0.4) is 0 Å². The van der Waals surface area contributed by atoms with Gasteiger partial charge in [0.15, 0.2) is 0 Å². The maximum Gasteiger partial charge on any atom is 0.0991 e. The molecule has 1 aliphatic rings. The van der Waals surface area contributed by atoms with Crippen molar-refractivity contribution in [3.63, 3.8) is 0 Å². The minimum Gasteiger partial charge on any atom is -0.299 e. The van der Waals surface area contributed by atoms with Crippen LogP contribution in [0.2, 0.25) is 0 Å². The molecule has 1 saturated carbocycles. The van der Waals surface area contributed by atoms with Crippen LogP contribution in [0.25, 0.3) is 0 Å². The van der Waals surface area contributed by atoms with E-state index in [1.807, 2.05) is 12.1 Å².